The van der Waals surface area contributed by atoms with Crippen molar-refractivity contribution in [3.63, 3.8) is 0 Å². The van der Waals surface area contributed by atoms with Gasteiger partial charge in [-0.3, -0.25) is 10.1 Å². The molecule has 0 unspecified atom stereocenters. The maximum atomic E-state index is 12.0. The van der Waals surface area contributed by atoms with Crippen molar-refractivity contribution in [1.82, 2.24) is 4.90 Å². The fourth-order valence-corrected chi connectivity index (χ4v) is 2.68. The first kappa shape index (κ1) is 17.5. The number of nitro groups is 1. The van der Waals surface area contributed by atoms with Crippen molar-refractivity contribution in [2.75, 3.05) is 13.1 Å². The Morgan fingerprint density at radius 3 is 2.61 bits per heavy atom. The summed E-state index contributed by atoms with van der Waals surface area (Å²) in [6.45, 7) is 6.33. The maximum Gasteiger partial charge on any atom is 0.410 e. The molecule has 1 heterocycles. The van der Waals surface area contributed by atoms with E-state index in [9.17, 15) is 14.9 Å². The first-order valence-electron chi connectivity index (χ1n) is 7.28. The zero-order valence-corrected chi connectivity index (χ0v) is 14.9. The third-order valence-corrected chi connectivity index (χ3v) is 3.86. The zero-order valence-electron chi connectivity index (χ0n) is 13.3. The van der Waals surface area contributed by atoms with Crippen LogP contribution in [0.1, 0.15) is 32.8 Å². The molecule has 1 amide bonds. The number of amides is 1. The van der Waals surface area contributed by atoms with Crippen molar-refractivity contribution in [2.24, 2.45) is 0 Å². The Hall–Kier alpha value is -1.89. The molecule has 1 aromatic carbocycles. The van der Waals surface area contributed by atoms with Gasteiger partial charge in [0.05, 0.1) is 10.5 Å². The van der Waals surface area contributed by atoms with Gasteiger partial charge in [-0.05, 0) is 44.9 Å². The lowest BCUT2D eigenvalue weighted by Crippen LogP contribution is -2.39. The van der Waals surface area contributed by atoms with Gasteiger partial charge in [-0.25, -0.2) is 4.79 Å². The van der Waals surface area contributed by atoms with Crippen molar-refractivity contribution in [1.29, 1.82) is 0 Å². The predicted molar refractivity (Wildman–Crippen MR) is 91.2 cm³/mol. The van der Waals surface area contributed by atoms with Crippen molar-refractivity contribution in [3.05, 3.63) is 44.4 Å². The standard InChI is InChI=1S/C16H19BrN2O4/c1-16(2,3)23-15(20)18-8-6-11(7-9-18)13-5-4-12(17)10-14(13)19(21)22/h4-6,10H,7-9H2,1-3H3. The summed E-state index contributed by atoms with van der Waals surface area (Å²) < 4.78 is 6.01. The molecule has 0 aromatic heterocycles. The molecule has 0 bridgehead atoms. The van der Waals surface area contributed by atoms with Crippen LogP contribution in [0.2, 0.25) is 0 Å². The summed E-state index contributed by atoms with van der Waals surface area (Å²) in [6, 6.07) is 5.01. The van der Waals surface area contributed by atoms with E-state index in [2.05, 4.69) is 15.9 Å². The van der Waals surface area contributed by atoms with E-state index in [4.69, 9.17) is 4.74 Å². The fourth-order valence-electron chi connectivity index (χ4n) is 2.33. The molecule has 7 heteroatoms. The van der Waals surface area contributed by atoms with E-state index >= 15 is 0 Å². The molecule has 23 heavy (non-hydrogen) atoms. The first-order chi connectivity index (χ1) is 10.7. The SMILES string of the molecule is CC(C)(C)OC(=O)N1CC=C(c2ccc(Br)cc2[N+](=O)[O-])CC1. The van der Waals surface area contributed by atoms with Crippen LogP contribution in [0.4, 0.5) is 10.5 Å². The molecule has 0 atom stereocenters. The van der Waals surface area contributed by atoms with E-state index in [-0.39, 0.29) is 16.7 Å². The van der Waals surface area contributed by atoms with E-state index in [1.54, 1.807) is 17.0 Å². The number of hydrogen-bond acceptors (Lipinski definition) is 4. The highest BCUT2D eigenvalue weighted by atomic mass is 79.9. The van der Waals surface area contributed by atoms with E-state index in [0.717, 1.165) is 5.57 Å². The molecule has 6 nitrogen and oxygen atoms in total. The lowest BCUT2D eigenvalue weighted by atomic mass is 9.98. The van der Waals surface area contributed by atoms with Gasteiger partial charge < -0.3 is 9.64 Å². The lowest BCUT2D eigenvalue weighted by molar-refractivity contribution is -0.385. The van der Waals surface area contributed by atoms with Gasteiger partial charge in [-0.1, -0.05) is 22.0 Å². The Kier molecular flexibility index (Phi) is 5.09. The number of benzene rings is 1. The fraction of sp³-hybridized carbons (Fsp3) is 0.438. The largest absolute Gasteiger partial charge is 0.444 e. The molecule has 1 aliphatic rings. The monoisotopic (exact) mass is 382 g/mol. The summed E-state index contributed by atoms with van der Waals surface area (Å²) in [5.74, 6) is 0. The van der Waals surface area contributed by atoms with Gasteiger partial charge in [0, 0.05) is 23.6 Å². The highest BCUT2D eigenvalue weighted by molar-refractivity contribution is 9.10. The third-order valence-electron chi connectivity index (χ3n) is 3.36. The quantitative estimate of drug-likeness (QED) is 0.561. The highest BCUT2D eigenvalue weighted by Gasteiger charge is 2.26. The lowest BCUT2D eigenvalue weighted by Gasteiger charge is -2.29. The Morgan fingerprint density at radius 1 is 1.39 bits per heavy atom. The van der Waals surface area contributed by atoms with Crippen LogP contribution < -0.4 is 0 Å². The Morgan fingerprint density at radius 2 is 2.09 bits per heavy atom. The van der Waals surface area contributed by atoms with Crippen LogP contribution >= 0.6 is 15.9 Å². The normalized spacial score (nSPS) is 15.1. The molecule has 1 aliphatic heterocycles. The van der Waals surface area contributed by atoms with E-state index in [1.165, 1.54) is 6.07 Å². The Bertz CT molecular complexity index is 665. The van der Waals surface area contributed by atoms with Crippen LogP contribution in [0.3, 0.4) is 0 Å². The van der Waals surface area contributed by atoms with Crippen molar-refractivity contribution >= 4 is 33.3 Å². The second-order valence-electron chi connectivity index (χ2n) is 6.32. The molecular formula is C16H19BrN2O4. The predicted octanol–water partition coefficient (Wildman–Crippen LogP) is 4.38. The molecule has 2 rings (SSSR count). The summed E-state index contributed by atoms with van der Waals surface area (Å²) in [5.41, 5.74) is 1.01. The first-order valence-corrected chi connectivity index (χ1v) is 8.08. The summed E-state index contributed by atoms with van der Waals surface area (Å²) in [4.78, 5) is 24.5. The Balaban J connectivity index is 2.17. The average molecular weight is 383 g/mol. The van der Waals surface area contributed by atoms with Crippen LogP contribution in [0.5, 0.6) is 0 Å². The van der Waals surface area contributed by atoms with Gasteiger partial charge in [-0.15, -0.1) is 0 Å². The van der Waals surface area contributed by atoms with Gasteiger partial charge in [-0.2, -0.15) is 0 Å². The summed E-state index contributed by atoms with van der Waals surface area (Å²) in [7, 11) is 0. The second kappa shape index (κ2) is 6.70. The minimum absolute atomic E-state index is 0.0661. The maximum absolute atomic E-state index is 12.0. The van der Waals surface area contributed by atoms with Crippen LogP contribution in [-0.4, -0.2) is 34.6 Å². The summed E-state index contributed by atoms with van der Waals surface area (Å²) >= 11 is 3.25. The number of nitrogens with zero attached hydrogens (tertiary/aromatic N) is 2. The van der Waals surface area contributed by atoms with Gasteiger partial charge in [0.2, 0.25) is 0 Å². The van der Waals surface area contributed by atoms with Crippen LogP contribution in [-0.2, 0) is 4.74 Å². The molecule has 0 N–H and O–H groups in total. The third kappa shape index (κ3) is 4.54. The van der Waals surface area contributed by atoms with Crippen LogP contribution in [0.25, 0.3) is 5.57 Å². The highest BCUT2D eigenvalue weighted by Crippen LogP contribution is 2.32. The number of carbonyl (C=O) groups excluding carboxylic acids is 1. The number of nitro benzene ring substituents is 1. The van der Waals surface area contributed by atoms with Crippen LogP contribution in [0.15, 0.2) is 28.7 Å². The van der Waals surface area contributed by atoms with E-state index in [1.807, 2.05) is 26.8 Å². The number of halogens is 1. The number of carbonyl (C=O) groups is 1. The second-order valence-corrected chi connectivity index (χ2v) is 7.24. The van der Waals surface area contributed by atoms with Crippen LogP contribution in [0, 0.1) is 10.1 Å². The molecule has 1 aromatic rings. The summed E-state index contributed by atoms with van der Waals surface area (Å²) in [6.07, 6.45) is 2.05. The van der Waals surface area contributed by atoms with E-state index in [0.29, 0.717) is 29.5 Å². The molecule has 0 saturated heterocycles. The molecular weight excluding hydrogens is 364 g/mol. The van der Waals surface area contributed by atoms with Gasteiger partial charge in [0.15, 0.2) is 0 Å². The molecule has 0 fully saturated rings. The van der Waals surface area contributed by atoms with Crippen molar-refractivity contribution < 1.29 is 14.5 Å². The summed E-state index contributed by atoms with van der Waals surface area (Å²) in [5, 5.41) is 11.2. The number of hydrogen-bond donors (Lipinski definition) is 0. The number of ether oxygens (including phenoxy) is 1. The molecule has 0 saturated carbocycles. The Labute approximate surface area is 143 Å². The minimum atomic E-state index is -0.536. The van der Waals surface area contributed by atoms with Gasteiger partial charge in [0.25, 0.3) is 5.69 Å². The average Bonchev–Trinajstić information content (AvgIpc) is 2.45. The topological polar surface area (TPSA) is 72.7 Å². The van der Waals surface area contributed by atoms with Crippen molar-refractivity contribution in [3.8, 4) is 0 Å². The number of rotatable bonds is 2. The van der Waals surface area contributed by atoms with Crippen molar-refractivity contribution in [2.45, 2.75) is 32.8 Å². The molecule has 124 valence electrons. The molecule has 0 spiro atoms. The smallest absolute Gasteiger partial charge is 0.410 e. The van der Waals surface area contributed by atoms with Gasteiger partial charge in [0.1, 0.15) is 5.60 Å². The molecule has 0 radical (unpaired) electrons. The van der Waals surface area contributed by atoms with Gasteiger partial charge >= 0.3 is 6.09 Å². The molecule has 0 aliphatic carbocycles. The zero-order chi connectivity index (χ0) is 17.2. The van der Waals surface area contributed by atoms with E-state index < -0.39 is 5.60 Å². The minimum Gasteiger partial charge on any atom is -0.444 e.